The Labute approximate surface area is 176 Å². The molecule has 2 aliphatic carbocycles. The summed E-state index contributed by atoms with van der Waals surface area (Å²) in [6.07, 6.45) is 13.9. The van der Waals surface area contributed by atoms with Crippen LogP contribution in [0.25, 0.3) is 0 Å². The molecule has 0 spiro atoms. The average Bonchev–Trinajstić information content (AvgIpc) is 3.37. The van der Waals surface area contributed by atoms with Crippen molar-refractivity contribution in [3.05, 3.63) is 30.6 Å². The summed E-state index contributed by atoms with van der Waals surface area (Å²) in [5.41, 5.74) is 7.81. The fourth-order valence-electron chi connectivity index (χ4n) is 5.22. The third kappa shape index (κ3) is 4.47. The number of H-pyrrole nitrogens is 1. The number of amides is 1. The van der Waals surface area contributed by atoms with E-state index in [1.165, 1.54) is 44.4 Å². The Morgan fingerprint density at radius 1 is 1.27 bits per heavy atom. The van der Waals surface area contributed by atoms with Crippen LogP contribution in [-0.2, 0) is 14.9 Å². The molecule has 1 aromatic rings. The molecule has 10 nitrogen and oxygen atoms in total. The van der Waals surface area contributed by atoms with Crippen LogP contribution >= 0.6 is 0 Å². The van der Waals surface area contributed by atoms with Crippen molar-refractivity contribution in [2.45, 2.75) is 68.9 Å². The Hall–Kier alpha value is -2.11. The molecule has 0 aromatic carbocycles. The molecule has 0 bridgehead atoms. The number of rotatable bonds is 6. The summed E-state index contributed by atoms with van der Waals surface area (Å²) in [6, 6.07) is -0.581. The Balaban J connectivity index is 1.42. The highest BCUT2D eigenvalue weighted by atomic mass is 32.2. The molecule has 2 saturated carbocycles. The summed E-state index contributed by atoms with van der Waals surface area (Å²) >= 11 is 0. The van der Waals surface area contributed by atoms with Gasteiger partial charge in [0.2, 0.25) is 11.4 Å². The zero-order chi connectivity index (χ0) is 21.3. The van der Waals surface area contributed by atoms with Crippen LogP contribution in [0.2, 0.25) is 0 Å². The van der Waals surface area contributed by atoms with Gasteiger partial charge in [0, 0.05) is 31.1 Å². The SMILES string of the molecule is N[C@@H](CC(=O)NN1C=CN([C@H]2CC[C@@H]3CCCC[C@H]3C2)[C@@H]1S(=O)(=O)O)c1cnc[nH]1. The molecule has 1 amide bonds. The van der Waals surface area contributed by atoms with Crippen molar-refractivity contribution in [1.29, 1.82) is 0 Å². The summed E-state index contributed by atoms with van der Waals surface area (Å²) in [6.45, 7) is 0. The van der Waals surface area contributed by atoms with Crippen molar-refractivity contribution in [2.24, 2.45) is 17.6 Å². The number of hydrogen-bond acceptors (Lipinski definition) is 7. The van der Waals surface area contributed by atoms with Gasteiger partial charge in [-0.2, -0.15) is 8.42 Å². The lowest BCUT2D eigenvalue weighted by Crippen LogP contribution is -2.55. The van der Waals surface area contributed by atoms with Crippen molar-refractivity contribution >= 4 is 16.0 Å². The topological polar surface area (TPSA) is 145 Å². The molecule has 5 atom stereocenters. The van der Waals surface area contributed by atoms with E-state index >= 15 is 0 Å². The van der Waals surface area contributed by atoms with E-state index in [2.05, 4.69) is 15.4 Å². The maximum atomic E-state index is 12.5. The molecular formula is C19H30N6O4S. The lowest BCUT2D eigenvalue weighted by molar-refractivity contribution is -0.126. The fraction of sp³-hybridized carbons (Fsp3) is 0.684. The summed E-state index contributed by atoms with van der Waals surface area (Å²) in [5, 5.41) is 1.16. The third-order valence-corrected chi connectivity index (χ3v) is 7.67. The van der Waals surface area contributed by atoms with Crippen LogP contribution in [0.4, 0.5) is 0 Å². The minimum Gasteiger partial charge on any atom is -0.347 e. The van der Waals surface area contributed by atoms with Crippen LogP contribution < -0.4 is 11.2 Å². The Morgan fingerprint density at radius 2 is 2.03 bits per heavy atom. The summed E-state index contributed by atoms with van der Waals surface area (Å²) in [7, 11) is -4.47. The van der Waals surface area contributed by atoms with Gasteiger partial charge in [0.1, 0.15) is 0 Å². The number of fused-ring (bicyclic) bond motifs is 1. The van der Waals surface area contributed by atoms with Gasteiger partial charge in [-0.3, -0.25) is 19.8 Å². The Kier molecular flexibility index (Phi) is 6.03. The van der Waals surface area contributed by atoms with Crippen molar-refractivity contribution in [3.63, 3.8) is 0 Å². The second-order valence-electron chi connectivity index (χ2n) is 8.62. The molecule has 3 aliphatic rings. The summed E-state index contributed by atoms with van der Waals surface area (Å²) in [5.74, 6) is 0.878. The first-order valence-corrected chi connectivity index (χ1v) is 12.1. The fourth-order valence-corrected chi connectivity index (χ4v) is 6.18. The molecule has 0 saturated heterocycles. The number of hydrogen-bond donors (Lipinski definition) is 4. The predicted molar refractivity (Wildman–Crippen MR) is 110 cm³/mol. The van der Waals surface area contributed by atoms with Gasteiger partial charge in [0.25, 0.3) is 0 Å². The average molecular weight is 439 g/mol. The highest BCUT2D eigenvalue weighted by Gasteiger charge is 2.44. The van der Waals surface area contributed by atoms with E-state index in [1.807, 2.05) is 0 Å². The molecule has 1 aromatic heterocycles. The smallest absolute Gasteiger partial charge is 0.307 e. The number of imidazole rings is 1. The number of carbonyl (C=O) groups is 1. The van der Waals surface area contributed by atoms with Crippen molar-refractivity contribution in [3.8, 4) is 0 Å². The van der Waals surface area contributed by atoms with Gasteiger partial charge in [-0.25, -0.2) is 4.98 Å². The number of carbonyl (C=O) groups excluding carboxylic acids is 1. The maximum absolute atomic E-state index is 12.5. The normalized spacial score (nSPS) is 30.2. The van der Waals surface area contributed by atoms with Gasteiger partial charge < -0.3 is 15.6 Å². The summed E-state index contributed by atoms with van der Waals surface area (Å²) in [4.78, 5) is 20.9. The van der Waals surface area contributed by atoms with Crippen LogP contribution in [0.1, 0.15) is 63.1 Å². The molecule has 4 rings (SSSR count). The molecule has 2 heterocycles. The lowest BCUT2D eigenvalue weighted by atomic mass is 9.69. The van der Waals surface area contributed by atoms with E-state index in [-0.39, 0.29) is 12.5 Å². The number of nitrogens with zero attached hydrogens (tertiary/aromatic N) is 3. The molecule has 166 valence electrons. The first-order chi connectivity index (χ1) is 14.3. The van der Waals surface area contributed by atoms with Crippen LogP contribution in [0.15, 0.2) is 24.9 Å². The van der Waals surface area contributed by atoms with Gasteiger partial charge in [0.15, 0.2) is 0 Å². The monoisotopic (exact) mass is 438 g/mol. The highest BCUT2D eigenvalue weighted by molar-refractivity contribution is 7.86. The lowest BCUT2D eigenvalue weighted by Gasteiger charge is -2.44. The Morgan fingerprint density at radius 3 is 2.73 bits per heavy atom. The van der Waals surface area contributed by atoms with E-state index in [4.69, 9.17) is 5.73 Å². The molecule has 30 heavy (non-hydrogen) atoms. The number of aromatic amines is 1. The van der Waals surface area contributed by atoms with E-state index < -0.39 is 27.6 Å². The van der Waals surface area contributed by atoms with E-state index in [0.29, 0.717) is 11.6 Å². The van der Waals surface area contributed by atoms with Crippen molar-refractivity contribution in [2.75, 3.05) is 0 Å². The highest BCUT2D eigenvalue weighted by Crippen LogP contribution is 2.43. The minimum atomic E-state index is -4.47. The Bertz CT molecular complexity index is 874. The predicted octanol–water partition coefficient (Wildman–Crippen LogP) is 1.45. The van der Waals surface area contributed by atoms with Crippen molar-refractivity contribution in [1.82, 2.24) is 25.3 Å². The number of hydrazine groups is 1. The quantitative estimate of drug-likeness (QED) is 0.488. The first-order valence-electron chi connectivity index (χ1n) is 10.6. The maximum Gasteiger partial charge on any atom is 0.307 e. The van der Waals surface area contributed by atoms with Crippen LogP contribution in [0.5, 0.6) is 0 Å². The molecule has 0 unspecified atom stereocenters. The largest absolute Gasteiger partial charge is 0.347 e. The van der Waals surface area contributed by atoms with Gasteiger partial charge in [-0.05, 0) is 31.1 Å². The van der Waals surface area contributed by atoms with E-state index in [1.54, 1.807) is 11.1 Å². The zero-order valence-corrected chi connectivity index (χ0v) is 17.7. The first kappa shape index (κ1) is 21.1. The number of nitrogens with two attached hydrogens (primary N) is 1. The van der Waals surface area contributed by atoms with Gasteiger partial charge in [0.05, 0.1) is 18.1 Å². The van der Waals surface area contributed by atoms with Crippen LogP contribution in [0, 0.1) is 11.8 Å². The van der Waals surface area contributed by atoms with E-state index in [9.17, 15) is 17.8 Å². The van der Waals surface area contributed by atoms with E-state index in [0.717, 1.165) is 30.2 Å². The molecule has 5 N–H and O–H groups in total. The van der Waals surface area contributed by atoms with Crippen LogP contribution in [-0.4, -0.2) is 50.3 Å². The number of aromatic nitrogens is 2. The van der Waals surface area contributed by atoms with Crippen molar-refractivity contribution < 1.29 is 17.8 Å². The molecular weight excluding hydrogens is 408 g/mol. The van der Waals surface area contributed by atoms with Gasteiger partial charge in [-0.15, -0.1) is 0 Å². The molecule has 11 heteroatoms. The van der Waals surface area contributed by atoms with Crippen LogP contribution in [0.3, 0.4) is 0 Å². The molecule has 1 aliphatic heterocycles. The molecule has 0 radical (unpaired) electrons. The zero-order valence-electron chi connectivity index (χ0n) is 16.9. The second-order valence-corrected chi connectivity index (χ2v) is 10.1. The second kappa shape index (κ2) is 8.56. The summed E-state index contributed by atoms with van der Waals surface area (Å²) < 4.78 is 34.4. The minimum absolute atomic E-state index is 0.0154. The van der Waals surface area contributed by atoms with Gasteiger partial charge in [-0.1, -0.05) is 25.7 Å². The molecule has 2 fully saturated rings. The standard InChI is InChI=1S/C19H30N6O4S/c20-16(17-11-21-12-22-17)10-18(26)23-25-8-7-24(19(25)30(27,28)29)15-6-5-13-3-1-2-4-14(13)9-15/h7-8,11-16,19H,1-6,9-10,20H2,(H,21,22)(H,23,26)(H,27,28,29)/t13-,14-,15-,16-,19-/m0/s1. The number of nitrogens with one attached hydrogen (secondary N) is 2. The van der Waals surface area contributed by atoms with Gasteiger partial charge >= 0.3 is 10.1 Å². The third-order valence-electron chi connectivity index (χ3n) is 6.67.